The number of nitrogens with two attached hydrogens (primary N) is 1. The van der Waals surface area contributed by atoms with Crippen molar-refractivity contribution >= 4 is 17.4 Å². The lowest BCUT2D eigenvalue weighted by atomic mass is 9.77. The van der Waals surface area contributed by atoms with E-state index in [1.165, 1.54) is 50.6 Å². The molecule has 2 aromatic carbocycles. The number of rotatable bonds is 8. The fourth-order valence-electron chi connectivity index (χ4n) is 6.56. The van der Waals surface area contributed by atoms with Crippen LogP contribution < -0.4 is 16.0 Å². The average Bonchev–Trinajstić information content (AvgIpc) is 3.45. The number of hydrogen-bond donors (Lipinski definition) is 2. The molecular weight excluding hydrogens is 512 g/mol. The highest BCUT2D eigenvalue weighted by atomic mass is 16.4. The van der Waals surface area contributed by atoms with Crippen LogP contribution in [0.5, 0.6) is 0 Å². The van der Waals surface area contributed by atoms with Gasteiger partial charge in [-0.15, -0.1) is 10.2 Å². The summed E-state index contributed by atoms with van der Waals surface area (Å²) in [4.78, 5) is 18.9. The third kappa shape index (κ3) is 6.42. The van der Waals surface area contributed by atoms with Crippen LogP contribution in [-0.4, -0.2) is 40.2 Å². The van der Waals surface area contributed by atoms with Crippen LogP contribution in [0, 0.1) is 18.8 Å². The maximum absolute atomic E-state index is 11.7. The van der Waals surface area contributed by atoms with Crippen LogP contribution in [-0.2, 0) is 0 Å². The Labute approximate surface area is 241 Å². The first kappa shape index (κ1) is 27.0. The van der Waals surface area contributed by atoms with Crippen molar-refractivity contribution in [3.63, 3.8) is 0 Å². The fraction of sp³-hybridized carbons (Fsp3) is 0.394. The summed E-state index contributed by atoms with van der Waals surface area (Å²) in [6.07, 6.45) is 10.5. The number of primary amides is 1. The molecule has 3 heterocycles. The molecule has 1 aliphatic heterocycles. The molecule has 2 aromatic heterocycles. The Balaban J connectivity index is 1.10. The second-order valence-electron chi connectivity index (χ2n) is 11.5. The first-order chi connectivity index (χ1) is 20.0. The number of hydrogen-bond acceptors (Lipinski definition) is 7. The molecule has 1 saturated carbocycles. The number of amides is 1. The van der Waals surface area contributed by atoms with E-state index in [1.54, 1.807) is 6.07 Å². The molecule has 1 aliphatic carbocycles. The standard InChI is InChI=1S/C33H38N6O2/c1-22-37-38-33(41-22)24-11-13-29(14-12-24)39-17-5-6-23(21-39)18-27-7-2-3-10-30(27)36-31-20-26(15-16-35-31)25-8-4-9-28(19-25)32(34)40/h4,8-9,11-16,19-20,23,27,30H,2-3,5-7,10,17-18,21H2,1H3,(H2,34,40)(H,35,36)/t23-,27+,30-/m1/s1. The van der Waals surface area contributed by atoms with Crippen molar-refractivity contribution in [1.29, 1.82) is 0 Å². The van der Waals surface area contributed by atoms with Gasteiger partial charge in [0, 0.05) is 49.1 Å². The Bertz CT molecular complexity index is 1480. The van der Waals surface area contributed by atoms with Crippen molar-refractivity contribution < 1.29 is 9.21 Å². The van der Waals surface area contributed by atoms with Crippen LogP contribution in [0.3, 0.4) is 0 Å². The van der Waals surface area contributed by atoms with Gasteiger partial charge in [0.25, 0.3) is 0 Å². The molecule has 41 heavy (non-hydrogen) atoms. The second-order valence-corrected chi connectivity index (χ2v) is 11.5. The van der Waals surface area contributed by atoms with E-state index in [-0.39, 0.29) is 0 Å². The first-order valence-corrected chi connectivity index (χ1v) is 14.8. The minimum atomic E-state index is -0.415. The number of carbonyl (C=O) groups is 1. The van der Waals surface area contributed by atoms with Crippen molar-refractivity contribution in [2.24, 2.45) is 17.6 Å². The smallest absolute Gasteiger partial charge is 0.248 e. The van der Waals surface area contributed by atoms with Gasteiger partial charge in [-0.3, -0.25) is 4.79 Å². The quantitative estimate of drug-likeness (QED) is 0.258. The summed E-state index contributed by atoms with van der Waals surface area (Å²) < 4.78 is 5.59. The van der Waals surface area contributed by atoms with E-state index in [9.17, 15) is 4.79 Å². The zero-order valence-corrected chi connectivity index (χ0v) is 23.6. The lowest BCUT2D eigenvalue weighted by Gasteiger charge is -2.39. The number of benzene rings is 2. The van der Waals surface area contributed by atoms with Gasteiger partial charge < -0.3 is 20.4 Å². The highest BCUT2D eigenvalue weighted by Crippen LogP contribution is 2.36. The highest BCUT2D eigenvalue weighted by Gasteiger charge is 2.30. The first-order valence-electron chi connectivity index (χ1n) is 14.8. The molecule has 2 aliphatic rings. The van der Waals surface area contributed by atoms with Crippen molar-refractivity contribution in [3.05, 3.63) is 78.3 Å². The average molecular weight is 551 g/mol. The van der Waals surface area contributed by atoms with Gasteiger partial charge in [-0.25, -0.2) is 4.98 Å². The van der Waals surface area contributed by atoms with Crippen molar-refractivity contribution in [1.82, 2.24) is 15.2 Å². The van der Waals surface area contributed by atoms with Gasteiger partial charge in [-0.05, 0) is 104 Å². The van der Waals surface area contributed by atoms with Crippen LogP contribution in [0.15, 0.2) is 71.3 Å². The molecule has 0 radical (unpaired) electrons. The molecule has 8 nitrogen and oxygen atoms in total. The van der Waals surface area contributed by atoms with E-state index in [2.05, 4.69) is 55.7 Å². The maximum Gasteiger partial charge on any atom is 0.248 e. The zero-order chi connectivity index (χ0) is 28.2. The van der Waals surface area contributed by atoms with Crippen LogP contribution in [0.1, 0.15) is 61.2 Å². The summed E-state index contributed by atoms with van der Waals surface area (Å²) in [6.45, 7) is 3.99. The number of carbonyl (C=O) groups excluding carboxylic acids is 1. The largest absolute Gasteiger partial charge is 0.421 e. The van der Waals surface area contributed by atoms with Gasteiger partial charge in [0.2, 0.25) is 17.7 Å². The number of nitrogens with one attached hydrogen (secondary N) is 1. The molecule has 0 spiro atoms. The van der Waals surface area contributed by atoms with Crippen molar-refractivity contribution in [2.75, 3.05) is 23.3 Å². The molecule has 3 atom stereocenters. The fourth-order valence-corrected chi connectivity index (χ4v) is 6.56. The maximum atomic E-state index is 11.7. The minimum absolute atomic E-state index is 0.413. The number of aryl methyl sites for hydroxylation is 1. The van der Waals surface area contributed by atoms with Gasteiger partial charge in [-0.2, -0.15) is 0 Å². The molecule has 0 bridgehead atoms. The molecule has 4 aromatic rings. The molecule has 3 N–H and O–H groups in total. The Morgan fingerprint density at radius 2 is 1.80 bits per heavy atom. The second kappa shape index (κ2) is 12.1. The molecule has 0 unspecified atom stereocenters. The Morgan fingerprint density at radius 1 is 0.976 bits per heavy atom. The van der Waals surface area contributed by atoms with Crippen LogP contribution in [0.25, 0.3) is 22.6 Å². The van der Waals surface area contributed by atoms with E-state index >= 15 is 0 Å². The zero-order valence-electron chi connectivity index (χ0n) is 23.6. The molecule has 8 heteroatoms. The van der Waals surface area contributed by atoms with Gasteiger partial charge in [0.15, 0.2) is 0 Å². The lowest BCUT2D eigenvalue weighted by molar-refractivity contribution is 0.100. The number of pyridine rings is 1. The lowest BCUT2D eigenvalue weighted by Crippen LogP contribution is -2.39. The van der Waals surface area contributed by atoms with E-state index in [0.717, 1.165) is 35.6 Å². The van der Waals surface area contributed by atoms with Crippen LogP contribution in [0.4, 0.5) is 11.5 Å². The normalized spacial score (nSPS) is 21.0. The van der Waals surface area contributed by atoms with Crippen molar-refractivity contribution in [2.45, 2.75) is 57.9 Å². The van der Waals surface area contributed by atoms with Gasteiger partial charge in [0.1, 0.15) is 5.82 Å². The number of anilines is 2. The Kier molecular flexibility index (Phi) is 7.98. The van der Waals surface area contributed by atoms with E-state index in [0.29, 0.717) is 35.2 Å². The van der Waals surface area contributed by atoms with Gasteiger partial charge in [0.05, 0.1) is 0 Å². The predicted molar refractivity (Wildman–Crippen MR) is 162 cm³/mol. The minimum Gasteiger partial charge on any atom is -0.421 e. The van der Waals surface area contributed by atoms with Crippen molar-refractivity contribution in [3.8, 4) is 22.6 Å². The van der Waals surface area contributed by atoms with E-state index in [1.807, 2.05) is 37.4 Å². The predicted octanol–water partition coefficient (Wildman–Crippen LogP) is 6.48. The third-order valence-electron chi connectivity index (χ3n) is 8.64. The molecule has 2 fully saturated rings. The molecule has 212 valence electrons. The topological polar surface area (TPSA) is 110 Å². The summed E-state index contributed by atoms with van der Waals surface area (Å²) in [5.74, 6) is 2.93. The molecule has 1 amide bonds. The monoisotopic (exact) mass is 550 g/mol. The van der Waals surface area contributed by atoms with E-state index < -0.39 is 5.91 Å². The Hall–Kier alpha value is -4.20. The van der Waals surface area contributed by atoms with Gasteiger partial charge >= 0.3 is 0 Å². The number of piperidine rings is 1. The SMILES string of the molecule is Cc1nnc(-c2ccc(N3CCC[C@H](C[C@@H]4CCCC[C@H]4Nc4cc(-c5cccc(C(N)=O)c5)ccn4)C3)cc2)o1. The van der Waals surface area contributed by atoms with E-state index in [4.69, 9.17) is 10.2 Å². The van der Waals surface area contributed by atoms with Gasteiger partial charge in [-0.1, -0.05) is 25.0 Å². The summed E-state index contributed by atoms with van der Waals surface area (Å²) in [7, 11) is 0. The summed E-state index contributed by atoms with van der Waals surface area (Å²) in [5, 5.41) is 11.9. The third-order valence-corrected chi connectivity index (χ3v) is 8.64. The summed E-state index contributed by atoms with van der Waals surface area (Å²) in [5.41, 5.74) is 10.2. The summed E-state index contributed by atoms with van der Waals surface area (Å²) >= 11 is 0. The molecular formula is C33H38N6O2. The number of aromatic nitrogens is 3. The molecule has 1 saturated heterocycles. The van der Waals surface area contributed by atoms with Crippen LogP contribution >= 0.6 is 0 Å². The van der Waals surface area contributed by atoms with Crippen LogP contribution in [0.2, 0.25) is 0 Å². The molecule has 6 rings (SSSR count). The Morgan fingerprint density at radius 3 is 2.61 bits per heavy atom. The highest BCUT2D eigenvalue weighted by molar-refractivity contribution is 5.94. The summed E-state index contributed by atoms with van der Waals surface area (Å²) in [6, 6.07) is 20.5. The number of nitrogens with zero attached hydrogens (tertiary/aromatic N) is 4.